The maximum absolute atomic E-state index is 12.3. The molecule has 1 aliphatic heterocycles. The van der Waals surface area contributed by atoms with Gasteiger partial charge in [-0.15, -0.1) is 0 Å². The lowest BCUT2D eigenvalue weighted by atomic mass is 10.2. The van der Waals surface area contributed by atoms with Crippen LogP contribution in [-0.2, 0) is 10.0 Å². The minimum atomic E-state index is -3.72. The van der Waals surface area contributed by atoms with E-state index in [2.05, 4.69) is 4.72 Å². The zero-order valence-corrected chi connectivity index (χ0v) is 11.5. The Kier molecular flexibility index (Phi) is 3.28. The molecule has 1 aromatic carbocycles. The Labute approximate surface area is 117 Å². The number of nitrogens with one attached hydrogen (secondary N) is 1. The van der Waals surface area contributed by atoms with Crippen LogP contribution in [0.15, 0.2) is 23.1 Å². The van der Waals surface area contributed by atoms with Crippen molar-refractivity contribution in [3.05, 3.63) is 18.2 Å². The summed E-state index contributed by atoms with van der Waals surface area (Å²) in [6.45, 7) is 0.850. The topological polar surface area (TPSA) is 88.4 Å². The third-order valence-corrected chi connectivity index (χ3v) is 4.78. The minimum absolute atomic E-state index is 0.0858. The van der Waals surface area contributed by atoms with Crippen LogP contribution >= 0.6 is 0 Å². The highest BCUT2D eigenvalue weighted by Gasteiger charge is 2.34. The van der Waals surface area contributed by atoms with E-state index in [-0.39, 0.29) is 10.8 Å². The van der Waals surface area contributed by atoms with E-state index in [4.69, 9.17) is 14.7 Å². The zero-order chi connectivity index (χ0) is 14.2. The van der Waals surface area contributed by atoms with Crippen molar-refractivity contribution < 1.29 is 17.9 Å². The van der Waals surface area contributed by atoms with E-state index < -0.39 is 16.1 Å². The van der Waals surface area contributed by atoms with Gasteiger partial charge in [-0.1, -0.05) is 0 Å². The van der Waals surface area contributed by atoms with Crippen LogP contribution in [0.4, 0.5) is 0 Å². The molecule has 1 atom stereocenters. The van der Waals surface area contributed by atoms with Gasteiger partial charge in [0.15, 0.2) is 11.5 Å². The van der Waals surface area contributed by atoms with Crippen LogP contribution in [-0.4, -0.2) is 27.7 Å². The van der Waals surface area contributed by atoms with Crippen LogP contribution in [0.5, 0.6) is 11.5 Å². The van der Waals surface area contributed by atoms with Crippen molar-refractivity contribution in [3.8, 4) is 17.6 Å². The first-order valence-corrected chi connectivity index (χ1v) is 7.90. The van der Waals surface area contributed by atoms with Gasteiger partial charge < -0.3 is 9.47 Å². The maximum atomic E-state index is 12.3. The molecular weight excluding hydrogens is 280 g/mol. The van der Waals surface area contributed by atoms with Crippen LogP contribution in [0.1, 0.15) is 12.8 Å². The van der Waals surface area contributed by atoms with Crippen molar-refractivity contribution in [2.45, 2.75) is 23.8 Å². The van der Waals surface area contributed by atoms with Crippen molar-refractivity contribution in [1.29, 1.82) is 5.26 Å². The van der Waals surface area contributed by atoms with Crippen molar-refractivity contribution in [2.75, 3.05) is 13.2 Å². The Bertz CT molecular complexity index is 661. The molecular formula is C13H14N2O4S. The van der Waals surface area contributed by atoms with Crippen LogP contribution in [0.2, 0.25) is 0 Å². The monoisotopic (exact) mass is 294 g/mol. The summed E-state index contributed by atoms with van der Waals surface area (Å²) < 4.78 is 37.7. The molecule has 2 aliphatic rings. The average molecular weight is 294 g/mol. The van der Waals surface area contributed by atoms with Gasteiger partial charge in [0, 0.05) is 6.07 Å². The van der Waals surface area contributed by atoms with E-state index in [9.17, 15) is 8.42 Å². The Morgan fingerprint density at radius 2 is 1.95 bits per heavy atom. The fourth-order valence-corrected chi connectivity index (χ4v) is 3.31. The van der Waals surface area contributed by atoms with Crippen LogP contribution in [0.3, 0.4) is 0 Å². The van der Waals surface area contributed by atoms with Gasteiger partial charge in [0.05, 0.1) is 11.0 Å². The van der Waals surface area contributed by atoms with Gasteiger partial charge in [-0.2, -0.15) is 9.98 Å². The molecule has 1 unspecified atom stereocenters. The molecule has 106 valence electrons. The highest BCUT2D eigenvalue weighted by molar-refractivity contribution is 7.89. The second kappa shape index (κ2) is 4.96. The molecule has 0 radical (unpaired) electrons. The molecule has 1 aromatic rings. The quantitative estimate of drug-likeness (QED) is 0.896. The third kappa shape index (κ3) is 2.57. The number of rotatable bonds is 4. The number of benzene rings is 1. The normalized spacial score (nSPS) is 19.1. The van der Waals surface area contributed by atoms with Crippen molar-refractivity contribution in [1.82, 2.24) is 4.72 Å². The number of fused-ring (bicyclic) bond motifs is 1. The molecule has 1 aliphatic carbocycles. The predicted molar refractivity (Wildman–Crippen MR) is 69.9 cm³/mol. The molecule has 1 N–H and O–H groups in total. The number of hydrogen-bond acceptors (Lipinski definition) is 5. The molecule has 0 bridgehead atoms. The van der Waals surface area contributed by atoms with E-state index in [1.54, 1.807) is 6.07 Å². The van der Waals surface area contributed by atoms with Gasteiger partial charge in [-0.3, -0.25) is 0 Å². The molecule has 0 aromatic heterocycles. The first kappa shape index (κ1) is 13.2. The first-order chi connectivity index (χ1) is 9.60. The summed E-state index contributed by atoms with van der Waals surface area (Å²) in [4.78, 5) is 0.0858. The lowest BCUT2D eigenvalue weighted by Crippen LogP contribution is -2.35. The summed E-state index contributed by atoms with van der Waals surface area (Å²) in [5, 5.41) is 9.02. The number of ether oxygens (including phenoxy) is 2. The second-order valence-corrected chi connectivity index (χ2v) is 6.58. The van der Waals surface area contributed by atoms with Crippen LogP contribution < -0.4 is 14.2 Å². The molecule has 7 heteroatoms. The van der Waals surface area contributed by atoms with Gasteiger partial charge in [0.25, 0.3) is 0 Å². The summed E-state index contributed by atoms with van der Waals surface area (Å²) in [6.07, 6.45) is 1.78. The first-order valence-electron chi connectivity index (χ1n) is 6.42. The lowest BCUT2D eigenvalue weighted by Gasteiger charge is -2.19. The SMILES string of the molecule is N#CC(NS(=O)(=O)c1ccc2c(c1)OCCO2)C1CC1. The molecule has 0 amide bonds. The van der Waals surface area contributed by atoms with E-state index in [0.717, 1.165) is 12.8 Å². The summed E-state index contributed by atoms with van der Waals surface area (Å²) in [5.41, 5.74) is 0. The molecule has 0 saturated heterocycles. The minimum Gasteiger partial charge on any atom is -0.486 e. The maximum Gasteiger partial charge on any atom is 0.241 e. The number of nitriles is 1. The third-order valence-electron chi connectivity index (χ3n) is 3.34. The standard InChI is InChI=1S/C13H14N2O4S/c14-8-11(9-1-2-9)15-20(16,17)10-3-4-12-13(7-10)19-6-5-18-12/h3-4,7,9,11,15H,1-2,5-6H2. The molecule has 20 heavy (non-hydrogen) atoms. The highest BCUT2D eigenvalue weighted by Crippen LogP contribution is 2.34. The Morgan fingerprint density at radius 3 is 2.60 bits per heavy atom. The Balaban J connectivity index is 1.85. The second-order valence-electron chi connectivity index (χ2n) is 4.87. The molecule has 1 saturated carbocycles. The van der Waals surface area contributed by atoms with E-state index >= 15 is 0 Å². The molecule has 3 rings (SSSR count). The summed E-state index contributed by atoms with van der Waals surface area (Å²) in [6, 6.07) is 5.80. The highest BCUT2D eigenvalue weighted by atomic mass is 32.2. The fourth-order valence-electron chi connectivity index (χ4n) is 2.08. The van der Waals surface area contributed by atoms with Gasteiger partial charge in [-0.05, 0) is 30.9 Å². The van der Waals surface area contributed by atoms with Gasteiger partial charge >= 0.3 is 0 Å². The molecule has 0 spiro atoms. The van der Waals surface area contributed by atoms with Crippen LogP contribution in [0.25, 0.3) is 0 Å². The number of sulfonamides is 1. The summed E-state index contributed by atoms with van der Waals surface area (Å²) in [7, 11) is -3.72. The van der Waals surface area contributed by atoms with Gasteiger partial charge in [-0.25, -0.2) is 8.42 Å². The summed E-state index contributed by atoms with van der Waals surface area (Å²) >= 11 is 0. The Morgan fingerprint density at radius 1 is 1.25 bits per heavy atom. The number of nitrogens with zero attached hydrogens (tertiary/aromatic N) is 1. The van der Waals surface area contributed by atoms with E-state index in [1.165, 1.54) is 12.1 Å². The van der Waals surface area contributed by atoms with E-state index in [1.807, 2.05) is 6.07 Å². The summed E-state index contributed by atoms with van der Waals surface area (Å²) in [5.74, 6) is 1.08. The molecule has 6 nitrogen and oxygen atoms in total. The Hall–Kier alpha value is -1.78. The van der Waals surface area contributed by atoms with E-state index in [0.29, 0.717) is 24.7 Å². The van der Waals surface area contributed by atoms with Crippen molar-refractivity contribution in [3.63, 3.8) is 0 Å². The van der Waals surface area contributed by atoms with Gasteiger partial charge in [0.2, 0.25) is 10.0 Å². The van der Waals surface area contributed by atoms with Crippen molar-refractivity contribution in [2.24, 2.45) is 5.92 Å². The number of hydrogen-bond donors (Lipinski definition) is 1. The molecule has 1 heterocycles. The van der Waals surface area contributed by atoms with Gasteiger partial charge in [0.1, 0.15) is 19.3 Å². The smallest absolute Gasteiger partial charge is 0.241 e. The lowest BCUT2D eigenvalue weighted by molar-refractivity contribution is 0.171. The predicted octanol–water partition coefficient (Wildman–Crippen LogP) is 1.04. The average Bonchev–Trinajstić information content (AvgIpc) is 3.29. The molecule has 1 fully saturated rings. The largest absolute Gasteiger partial charge is 0.486 e. The fraction of sp³-hybridized carbons (Fsp3) is 0.462. The zero-order valence-electron chi connectivity index (χ0n) is 10.7. The van der Waals surface area contributed by atoms with Crippen LogP contribution in [0, 0.1) is 17.2 Å². The van der Waals surface area contributed by atoms with Crippen molar-refractivity contribution >= 4 is 10.0 Å².